The number of aromatic nitrogens is 1. The van der Waals surface area contributed by atoms with Crippen LogP contribution in [-0.4, -0.2) is 31.1 Å². The molecule has 6 nitrogen and oxygen atoms in total. The van der Waals surface area contributed by atoms with Crippen molar-refractivity contribution in [1.82, 2.24) is 10.3 Å². The molecule has 3 rings (SSSR count). The van der Waals surface area contributed by atoms with E-state index in [0.717, 1.165) is 25.7 Å². The van der Waals surface area contributed by atoms with Crippen LogP contribution in [0.5, 0.6) is 0 Å². The van der Waals surface area contributed by atoms with E-state index in [-0.39, 0.29) is 17.5 Å². The Kier molecular flexibility index (Phi) is 6.22. The van der Waals surface area contributed by atoms with E-state index in [1.807, 2.05) is 0 Å². The maximum atomic E-state index is 12.4. The van der Waals surface area contributed by atoms with Gasteiger partial charge in [0.2, 0.25) is 11.8 Å². The first-order valence-electron chi connectivity index (χ1n) is 9.02. The lowest BCUT2D eigenvalue weighted by atomic mass is 9.86. The molecule has 27 heavy (non-hydrogen) atoms. The third kappa shape index (κ3) is 5.56. The van der Waals surface area contributed by atoms with Crippen molar-refractivity contribution in [3.63, 3.8) is 0 Å². The number of benzene rings is 1. The van der Waals surface area contributed by atoms with Crippen molar-refractivity contribution in [2.75, 3.05) is 5.75 Å². The fraction of sp³-hybridized carbons (Fsp3) is 0.474. The molecule has 2 atom stereocenters. The highest BCUT2D eigenvalue weighted by Crippen LogP contribution is 2.24. The Morgan fingerprint density at radius 2 is 1.96 bits per heavy atom. The minimum absolute atomic E-state index is 0.0602. The third-order valence-electron chi connectivity index (χ3n) is 4.82. The highest BCUT2D eigenvalue weighted by molar-refractivity contribution is 7.91. The highest BCUT2D eigenvalue weighted by Gasteiger charge is 2.26. The van der Waals surface area contributed by atoms with E-state index >= 15 is 0 Å². The number of nitrogens with zero attached hydrogens (tertiary/aromatic N) is 1. The van der Waals surface area contributed by atoms with Gasteiger partial charge in [0.1, 0.15) is 12.0 Å². The van der Waals surface area contributed by atoms with Gasteiger partial charge in [0, 0.05) is 16.6 Å². The average Bonchev–Trinajstić information content (AvgIpc) is 3.04. The minimum Gasteiger partial charge on any atom is -0.444 e. The summed E-state index contributed by atoms with van der Waals surface area (Å²) in [6.07, 6.45) is 5.50. The summed E-state index contributed by atoms with van der Waals surface area (Å²) in [7, 11) is -3.63. The average molecular weight is 411 g/mol. The van der Waals surface area contributed by atoms with E-state index in [2.05, 4.69) is 17.2 Å². The summed E-state index contributed by atoms with van der Waals surface area (Å²) in [5.41, 5.74) is 0.978. The van der Waals surface area contributed by atoms with Crippen LogP contribution < -0.4 is 5.32 Å². The van der Waals surface area contributed by atoms with Crippen LogP contribution >= 0.6 is 11.6 Å². The molecule has 1 N–H and O–H groups in total. The van der Waals surface area contributed by atoms with Gasteiger partial charge in [-0.25, -0.2) is 13.4 Å². The first-order chi connectivity index (χ1) is 12.8. The number of halogens is 1. The van der Waals surface area contributed by atoms with Gasteiger partial charge in [0.25, 0.3) is 0 Å². The van der Waals surface area contributed by atoms with Crippen molar-refractivity contribution in [2.24, 2.45) is 5.92 Å². The maximum Gasteiger partial charge on any atom is 0.235 e. The molecule has 0 spiro atoms. The zero-order chi connectivity index (χ0) is 19.4. The molecular weight excluding hydrogens is 388 g/mol. The second-order valence-corrected chi connectivity index (χ2v) is 9.62. The molecule has 1 aliphatic rings. The number of oxazole rings is 1. The first-order valence-corrected chi connectivity index (χ1v) is 11.2. The van der Waals surface area contributed by atoms with E-state index in [0.29, 0.717) is 22.4 Å². The largest absolute Gasteiger partial charge is 0.444 e. The van der Waals surface area contributed by atoms with E-state index in [1.54, 1.807) is 24.3 Å². The summed E-state index contributed by atoms with van der Waals surface area (Å²) >= 11 is 5.85. The van der Waals surface area contributed by atoms with Crippen LogP contribution in [0.2, 0.25) is 5.02 Å². The Labute approximate surface area is 164 Å². The predicted octanol–water partition coefficient (Wildman–Crippen LogP) is 3.60. The van der Waals surface area contributed by atoms with Crippen molar-refractivity contribution >= 4 is 27.3 Å². The fourth-order valence-corrected chi connectivity index (χ4v) is 4.65. The minimum atomic E-state index is -3.63. The number of hydrogen-bond donors (Lipinski definition) is 1. The van der Waals surface area contributed by atoms with Crippen molar-refractivity contribution in [2.45, 2.75) is 44.4 Å². The summed E-state index contributed by atoms with van der Waals surface area (Å²) in [5, 5.41) is 3.46. The normalized spacial score (nSPS) is 20.4. The van der Waals surface area contributed by atoms with Gasteiger partial charge in [0.15, 0.2) is 9.84 Å². The van der Waals surface area contributed by atoms with E-state index in [1.165, 1.54) is 6.26 Å². The van der Waals surface area contributed by atoms with Crippen molar-refractivity contribution < 1.29 is 17.6 Å². The number of rotatable bonds is 6. The molecule has 1 aromatic heterocycles. The lowest BCUT2D eigenvalue weighted by Crippen LogP contribution is -2.43. The Bertz CT molecular complexity index is 893. The molecule has 1 heterocycles. The first kappa shape index (κ1) is 19.9. The number of amides is 1. The summed E-state index contributed by atoms with van der Waals surface area (Å²) in [4.78, 5) is 16.4. The number of nitrogens with one attached hydrogen (secondary N) is 1. The molecule has 1 aliphatic carbocycles. The van der Waals surface area contributed by atoms with Crippen LogP contribution in [0.15, 0.2) is 34.9 Å². The molecule has 0 aliphatic heterocycles. The molecule has 8 heteroatoms. The van der Waals surface area contributed by atoms with Gasteiger partial charge in [-0.1, -0.05) is 31.4 Å². The SMILES string of the molecule is CC1CCCCC1NC(=O)CS(=O)(=O)Cc1coc(-c2ccc(Cl)cc2)n1. The smallest absolute Gasteiger partial charge is 0.235 e. The second-order valence-electron chi connectivity index (χ2n) is 7.12. The van der Waals surface area contributed by atoms with Crippen LogP contribution in [0, 0.1) is 5.92 Å². The predicted molar refractivity (Wildman–Crippen MR) is 104 cm³/mol. The Hall–Kier alpha value is -1.86. The number of carbonyl (C=O) groups excluding carboxylic acids is 1. The fourth-order valence-electron chi connectivity index (χ4n) is 3.35. The monoisotopic (exact) mass is 410 g/mol. The lowest BCUT2D eigenvalue weighted by Gasteiger charge is -2.29. The molecule has 2 aromatic rings. The molecule has 2 unspecified atom stereocenters. The van der Waals surface area contributed by atoms with Crippen LogP contribution in [0.25, 0.3) is 11.5 Å². The Balaban J connectivity index is 1.59. The highest BCUT2D eigenvalue weighted by atomic mass is 35.5. The van der Waals surface area contributed by atoms with E-state index < -0.39 is 21.5 Å². The van der Waals surface area contributed by atoms with Gasteiger partial charge in [-0.3, -0.25) is 4.79 Å². The van der Waals surface area contributed by atoms with Crippen LogP contribution in [-0.2, 0) is 20.4 Å². The molecule has 0 bridgehead atoms. The third-order valence-corrected chi connectivity index (χ3v) is 6.51. The Morgan fingerprint density at radius 3 is 2.67 bits per heavy atom. The molecule has 0 radical (unpaired) electrons. The number of sulfone groups is 1. The van der Waals surface area contributed by atoms with Crippen LogP contribution in [0.3, 0.4) is 0 Å². The molecular formula is C19H23ClN2O4S. The van der Waals surface area contributed by atoms with Gasteiger partial charge < -0.3 is 9.73 Å². The molecule has 1 aromatic carbocycles. The quantitative estimate of drug-likeness (QED) is 0.785. The van der Waals surface area contributed by atoms with Gasteiger partial charge in [-0.15, -0.1) is 0 Å². The molecule has 1 fully saturated rings. The topological polar surface area (TPSA) is 89.3 Å². The maximum absolute atomic E-state index is 12.4. The molecule has 1 saturated carbocycles. The standard InChI is InChI=1S/C19H23ClN2O4S/c1-13-4-2-3-5-17(13)22-18(23)12-27(24,25)11-16-10-26-19(21-16)14-6-8-15(20)9-7-14/h6-10,13,17H,2-5,11-12H2,1H3,(H,22,23). The number of hydrogen-bond acceptors (Lipinski definition) is 5. The van der Waals surface area contributed by atoms with Gasteiger partial charge in [0.05, 0.1) is 11.4 Å². The Morgan fingerprint density at radius 1 is 1.26 bits per heavy atom. The van der Waals surface area contributed by atoms with Gasteiger partial charge >= 0.3 is 0 Å². The van der Waals surface area contributed by atoms with E-state index in [9.17, 15) is 13.2 Å². The zero-order valence-electron chi connectivity index (χ0n) is 15.2. The summed E-state index contributed by atoms with van der Waals surface area (Å²) in [6, 6.07) is 6.95. The summed E-state index contributed by atoms with van der Waals surface area (Å²) < 4.78 is 30.1. The molecule has 0 saturated heterocycles. The molecule has 1 amide bonds. The zero-order valence-corrected chi connectivity index (χ0v) is 16.7. The van der Waals surface area contributed by atoms with Crippen LogP contribution in [0.1, 0.15) is 38.3 Å². The lowest BCUT2D eigenvalue weighted by molar-refractivity contribution is -0.119. The summed E-state index contributed by atoms with van der Waals surface area (Å²) in [5.74, 6) is -0.632. The summed E-state index contributed by atoms with van der Waals surface area (Å²) in [6.45, 7) is 2.09. The van der Waals surface area contributed by atoms with Gasteiger partial charge in [-0.2, -0.15) is 0 Å². The van der Waals surface area contributed by atoms with Crippen molar-refractivity contribution in [1.29, 1.82) is 0 Å². The van der Waals surface area contributed by atoms with E-state index in [4.69, 9.17) is 16.0 Å². The second kappa shape index (κ2) is 8.44. The van der Waals surface area contributed by atoms with Crippen LogP contribution in [0.4, 0.5) is 0 Å². The van der Waals surface area contributed by atoms with Gasteiger partial charge in [-0.05, 0) is 43.0 Å². The van der Waals surface area contributed by atoms with Crippen molar-refractivity contribution in [3.8, 4) is 11.5 Å². The molecule has 146 valence electrons. The number of carbonyl (C=O) groups is 1. The van der Waals surface area contributed by atoms with Crippen molar-refractivity contribution in [3.05, 3.63) is 41.2 Å².